The van der Waals surface area contributed by atoms with Crippen LogP contribution in [0.15, 0.2) is 28.5 Å². The minimum Gasteiger partial charge on any atom is -0.383 e. The van der Waals surface area contributed by atoms with Gasteiger partial charge in [0, 0.05) is 6.54 Å². The molecule has 0 aromatic heterocycles. The summed E-state index contributed by atoms with van der Waals surface area (Å²) in [5, 5.41) is 8.63. The van der Waals surface area contributed by atoms with Gasteiger partial charge in [-0.2, -0.15) is 0 Å². The molecule has 0 bridgehead atoms. The zero-order valence-electron chi connectivity index (χ0n) is 8.54. The molecule has 15 heavy (non-hydrogen) atoms. The van der Waals surface area contributed by atoms with Gasteiger partial charge in [-0.1, -0.05) is 12.5 Å². The number of nitrogens with zero attached hydrogens (tertiary/aromatic N) is 2. The number of aliphatic imine (C=N–C) groups is 1. The molecule has 0 aromatic rings. The second-order valence-electron chi connectivity index (χ2n) is 2.84. The van der Waals surface area contributed by atoms with Crippen LogP contribution in [0.5, 0.6) is 0 Å². The number of terminal acetylenes is 1. The normalized spacial score (nSPS) is 16.4. The van der Waals surface area contributed by atoms with Gasteiger partial charge in [-0.3, -0.25) is 15.8 Å². The number of nitrogens with one attached hydrogen (secondary N) is 2. The van der Waals surface area contributed by atoms with E-state index in [4.69, 9.17) is 17.6 Å². The molecule has 0 atom stereocenters. The summed E-state index contributed by atoms with van der Waals surface area (Å²) in [6.07, 6.45) is 6.20. The molecule has 0 radical (unpaired) electrons. The van der Waals surface area contributed by atoms with E-state index >= 15 is 0 Å². The van der Waals surface area contributed by atoms with E-state index < -0.39 is 0 Å². The van der Waals surface area contributed by atoms with Gasteiger partial charge in [0.2, 0.25) is 0 Å². The fourth-order valence-electron chi connectivity index (χ4n) is 1.32. The van der Waals surface area contributed by atoms with Crippen LogP contribution in [0, 0.1) is 17.8 Å². The molecular weight excluding hydrogens is 190 g/mol. The lowest BCUT2D eigenvalue weighted by Crippen LogP contribution is -2.30. The maximum Gasteiger partial charge on any atom is 0.137 e. The Hall–Kier alpha value is -2.22. The quantitative estimate of drug-likeness (QED) is 0.348. The summed E-state index contributed by atoms with van der Waals surface area (Å²) in [6.45, 7) is 6.53. The van der Waals surface area contributed by atoms with Crippen molar-refractivity contribution in [3.8, 4) is 12.3 Å². The Balaban J connectivity index is 3.14. The average Bonchev–Trinajstić information content (AvgIpc) is 2.55. The molecule has 0 aliphatic carbocycles. The van der Waals surface area contributed by atoms with E-state index in [0.29, 0.717) is 23.5 Å². The molecule has 0 unspecified atom stereocenters. The molecule has 0 fully saturated rings. The van der Waals surface area contributed by atoms with Crippen molar-refractivity contribution in [3.63, 3.8) is 0 Å². The number of allylic oxidation sites excluding steroid dienone is 1. The average molecular weight is 203 g/mol. The third-order valence-electron chi connectivity index (χ3n) is 2.03. The Labute approximate surface area is 88.8 Å². The largest absolute Gasteiger partial charge is 0.383 e. The lowest BCUT2D eigenvalue weighted by molar-refractivity contribution is 0.325. The first-order chi connectivity index (χ1) is 7.15. The first-order valence-corrected chi connectivity index (χ1v) is 4.42. The van der Waals surface area contributed by atoms with Crippen LogP contribution in [-0.4, -0.2) is 23.7 Å². The summed E-state index contributed by atoms with van der Waals surface area (Å²) >= 11 is 0. The van der Waals surface area contributed by atoms with Crippen molar-refractivity contribution in [2.24, 2.45) is 10.7 Å². The second-order valence-corrected chi connectivity index (χ2v) is 2.84. The standard InChI is InChI=1S/C10H13N5/c1-4-8-9(10(12)13-6-11)7(3)15(5-2)14-8/h1,6,14H,3,5H2,2H3,(H3,11,12,13). The Morgan fingerprint density at radius 3 is 3.00 bits per heavy atom. The predicted molar refractivity (Wildman–Crippen MR) is 60.9 cm³/mol. The van der Waals surface area contributed by atoms with Crippen LogP contribution in [0.4, 0.5) is 0 Å². The molecule has 1 heterocycles. The summed E-state index contributed by atoms with van der Waals surface area (Å²) in [4.78, 5) is 3.68. The van der Waals surface area contributed by atoms with E-state index in [1.807, 2.05) is 6.92 Å². The number of hydrogen-bond acceptors (Lipinski definition) is 3. The predicted octanol–water partition coefficient (Wildman–Crippen LogP) is 0.192. The molecule has 0 aromatic carbocycles. The third-order valence-corrected chi connectivity index (χ3v) is 2.03. The number of nitrogens with two attached hydrogens (primary N) is 1. The first-order valence-electron chi connectivity index (χ1n) is 4.42. The highest BCUT2D eigenvalue weighted by Gasteiger charge is 2.25. The highest BCUT2D eigenvalue weighted by atomic mass is 15.5. The smallest absolute Gasteiger partial charge is 0.137 e. The Bertz CT molecular complexity index is 397. The van der Waals surface area contributed by atoms with Gasteiger partial charge in [0.1, 0.15) is 17.9 Å². The van der Waals surface area contributed by atoms with E-state index in [9.17, 15) is 0 Å². The van der Waals surface area contributed by atoms with Crippen molar-refractivity contribution in [1.82, 2.24) is 10.4 Å². The zero-order valence-corrected chi connectivity index (χ0v) is 8.54. The number of hydrazine groups is 1. The molecule has 5 nitrogen and oxygen atoms in total. The van der Waals surface area contributed by atoms with Gasteiger partial charge in [0.05, 0.1) is 11.3 Å². The minimum absolute atomic E-state index is 0.200. The van der Waals surface area contributed by atoms with Gasteiger partial charge in [-0.15, -0.1) is 6.42 Å². The molecular formula is C10H13N5. The Kier molecular flexibility index (Phi) is 3.13. The molecule has 0 saturated carbocycles. The Morgan fingerprint density at radius 1 is 1.87 bits per heavy atom. The summed E-state index contributed by atoms with van der Waals surface area (Å²) < 4.78 is 0. The van der Waals surface area contributed by atoms with Crippen molar-refractivity contribution < 1.29 is 0 Å². The molecule has 4 N–H and O–H groups in total. The highest BCUT2D eigenvalue weighted by Crippen LogP contribution is 2.21. The number of likely N-dealkylation sites (N-methyl/N-ethyl adjacent to an activating group) is 1. The van der Waals surface area contributed by atoms with E-state index in [1.165, 1.54) is 0 Å². The van der Waals surface area contributed by atoms with Gasteiger partial charge in [0.25, 0.3) is 0 Å². The lowest BCUT2D eigenvalue weighted by Gasteiger charge is -2.18. The van der Waals surface area contributed by atoms with Crippen LogP contribution in [0.3, 0.4) is 0 Å². The summed E-state index contributed by atoms with van der Waals surface area (Å²) in [6, 6.07) is 0. The van der Waals surface area contributed by atoms with Crippen LogP contribution < -0.4 is 11.2 Å². The molecule has 0 spiro atoms. The van der Waals surface area contributed by atoms with E-state index in [0.717, 1.165) is 6.34 Å². The molecule has 78 valence electrons. The van der Waals surface area contributed by atoms with Crippen LogP contribution >= 0.6 is 0 Å². The molecule has 0 saturated heterocycles. The molecule has 1 aliphatic heterocycles. The molecule has 1 aliphatic rings. The second kappa shape index (κ2) is 4.33. The fraction of sp³-hybridized carbons (Fsp3) is 0.200. The third kappa shape index (κ3) is 1.83. The maximum absolute atomic E-state index is 6.85. The molecule has 1 rings (SSSR count). The number of hydrogen-bond donors (Lipinski definition) is 3. The summed E-state index contributed by atoms with van der Waals surface area (Å²) in [5.74, 6) is 2.68. The van der Waals surface area contributed by atoms with E-state index in [1.54, 1.807) is 5.01 Å². The van der Waals surface area contributed by atoms with Crippen molar-refractivity contribution in [1.29, 1.82) is 5.41 Å². The summed E-state index contributed by atoms with van der Waals surface area (Å²) in [7, 11) is 0. The maximum atomic E-state index is 6.85. The highest BCUT2D eigenvalue weighted by molar-refractivity contribution is 6.05. The van der Waals surface area contributed by atoms with Crippen LogP contribution in [-0.2, 0) is 0 Å². The van der Waals surface area contributed by atoms with E-state index in [-0.39, 0.29) is 5.84 Å². The molecule has 0 amide bonds. The van der Waals surface area contributed by atoms with Gasteiger partial charge >= 0.3 is 0 Å². The summed E-state index contributed by atoms with van der Waals surface area (Å²) in [5.41, 5.74) is 10.4. The van der Waals surface area contributed by atoms with E-state index in [2.05, 4.69) is 22.9 Å². The van der Waals surface area contributed by atoms with Crippen molar-refractivity contribution in [3.05, 3.63) is 23.5 Å². The molecule has 5 heteroatoms. The number of rotatable bonds is 3. The SMILES string of the molecule is C#CC1=C(C(N)=NC=N)C(=C)N(CC)N1. The minimum atomic E-state index is 0.200. The van der Waals surface area contributed by atoms with Crippen molar-refractivity contribution in [2.75, 3.05) is 6.54 Å². The Morgan fingerprint density at radius 2 is 2.53 bits per heavy atom. The van der Waals surface area contributed by atoms with Crippen molar-refractivity contribution in [2.45, 2.75) is 6.92 Å². The number of amidine groups is 1. The van der Waals surface area contributed by atoms with Crippen LogP contribution in [0.25, 0.3) is 0 Å². The first kappa shape index (κ1) is 10.9. The van der Waals surface area contributed by atoms with Gasteiger partial charge in [-0.25, -0.2) is 4.99 Å². The monoisotopic (exact) mass is 203 g/mol. The van der Waals surface area contributed by atoms with Gasteiger partial charge in [0.15, 0.2) is 0 Å². The zero-order chi connectivity index (χ0) is 11.4. The van der Waals surface area contributed by atoms with Crippen molar-refractivity contribution >= 4 is 12.2 Å². The lowest BCUT2D eigenvalue weighted by atomic mass is 10.1. The topological polar surface area (TPSA) is 77.5 Å². The van der Waals surface area contributed by atoms with Crippen LogP contribution in [0.1, 0.15) is 6.92 Å². The van der Waals surface area contributed by atoms with Gasteiger partial charge in [-0.05, 0) is 6.92 Å². The van der Waals surface area contributed by atoms with Crippen LogP contribution in [0.2, 0.25) is 0 Å². The van der Waals surface area contributed by atoms with Gasteiger partial charge < -0.3 is 5.73 Å². The fourth-order valence-corrected chi connectivity index (χ4v) is 1.32.